The number of rotatable bonds is 6. The molecular formula is C13H10N3O5S-. The first-order chi connectivity index (χ1) is 10.5. The van der Waals surface area contributed by atoms with E-state index in [1.807, 2.05) is 0 Å². The SMILES string of the molecule is C=CC(=O)Oc1ccc(NC(=O)C(C#N)=CNS(=O)[O-])cc1. The van der Waals surface area contributed by atoms with Gasteiger partial charge in [-0.1, -0.05) is 6.58 Å². The van der Waals surface area contributed by atoms with Crippen LogP contribution < -0.4 is 14.8 Å². The standard InChI is InChI=1S/C13H11N3O5S/c1-2-12(17)21-11-5-3-10(4-6-11)16-13(18)9(7-14)8-15-22(19)20/h2-6,8,15H,1H2,(H,16,18)(H,19,20)/p-1. The second-order valence-electron chi connectivity index (χ2n) is 3.63. The molecule has 0 bridgehead atoms. The maximum atomic E-state index is 11.7. The summed E-state index contributed by atoms with van der Waals surface area (Å²) >= 11 is -2.62. The first-order valence-electron chi connectivity index (χ1n) is 5.67. The van der Waals surface area contributed by atoms with E-state index in [2.05, 4.69) is 11.9 Å². The molecule has 2 N–H and O–H groups in total. The van der Waals surface area contributed by atoms with Crippen LogP contribution in [0.2, 0.25) is 0 Å². The Balaban J connectivity index is 2.74. The smallest absolute Gasteiger partial charge is 0.335 e. The lowest BCUT2D eigenvalue weighted by atomic mass is 10.2. The molecule has 0 aromatic heterocycles. The lowest BCUT2D eigenvalue weighted by Crippen LogP contribution is -2.17. The van der Waals surface area contributed by atoms with Gasteiger partial charge < -0.3 is 19.3 Å². The molecule has 1 aromatic carbocycles. The lowest BCUT2D eigenvalue weighted by molar-refractivity contribution is -0.129. The molecule has 0 heterocycles. The average Bonchev–Trinajstić information content (AvgIpc) is 2.49. The van der Waals surface area contributed by atoms with Crippen molar-refractivity contribution in [3.63, 3.8) is 0 Å². The van der Waals surface area contributed by atoms with Gasteiger partial charge in [-0.05, 0) is 24.3 Å². The van der Waals surface area contributed by atoms with E-state index >= 15 is 0 Å². The van der Waals surface area contributed by atoms with Crippen LogP contribution in [0.5, 0.6) is 5.75 Å². The number of nitrogens with zero attached hydrogens (tertiary/aromatic N) is 1. The van der Waals surface area contributed by atoms with Gasteiger partial charge >= 0.3 is 5.97 Å². The zero-order valence-corrected chi connectivity index (χ0v) is 11.9. The summed E-state index contributed by atoms with van der Waals surface area (Å²) in [5, 5.41) is 11.2. The summed E-state index contributed by atoms with van der Waals surface area (Å²) in [4.78, 5) is 22.7. The number of anilines is 1. The second-order valence-corrected chi connectivity index (χ2v) is 4.33. The van der Waals surface area contributed by atoms with Crippen molar-refractivity contribution in [2.24, 2.45) is 0 Å². The van der Waals surface area contributed by atoms with Crippen molar-refractivity contribution in [1.29, 1.82) is 5.26 Å². The molecule has 1 unspecified atom stereocenters. The van der Waals surface area contributed by atoms with Crippen LogP contribution in [0.25, 0.3) is 0 Å². The van der Waals surface area contributed by atoms with Gasteiger partial charge in [0.15, 0.2) is 0 Å². The Morgan fingerprint density at radius 3 is 2.50 bits per heavy atom. The van der Waals surface area contributed by atoms with Crippen molar-refractivity contribution < 1.29 is 23.1 Å². The molecular weight excluding hydrogens is 310 g/mol. The largest absolute Gasteiger partial charge is 0.755 e. The van der Waals surface area contributed by atoms with Gasteiger partial charge in [0.2, 0.25) is 0 Å². The van der Waals surface area contributed by atoms with Gasteiger partial charge in [0.05, 0.1) is 0 Å². The van der Waals surface area contributed by atoms with Gasteiger partial charge in [-0.15, -0.1) is 0 Å². The van der Waals surface area contributed by atoms with E-state index < -0.39 is 28.7 Å². The molecule has 114 valence electrons. The Bertz CT molecular complexity index is 676. The van der Waals surface area contributed by atoms with Crippen molar-refractivity contribution in [2.75, 3.05) is 5.32 Å². The summed E-state index contributed by atoms with van der Waals surface area (Å²) in [5.74, 6) is -1.16. The normalized spacial score (nSPS) is 11.7. The maximum absolute atomic E-state index is 11.7. The van der Waals surface area contributed by atoms with Gasteiger partial charge in [0, 0.05) is 29.2 Å². The minimum Gasteiger partial charge on any atom is -0.755 e. The van der Waals surface area contributed by atoms with E-state index in [1.165, 1.54) is 24.3 Å². The third-order valence-corrected chi connectivity index (χ3v) is 2.47. The molecule has 0 fully saturated rings. The van der Waals surface area contributed by atoms with Gasteiger partial charge in [0.1, 0.15) is 17.4 Å². The maximum Gasteiger partial charge on any atom is 0.335 e. The van der Waals surface area contributed by atoms with Crippen molar-refractivity contribution in [3.8, 4) is 11.8 Å². The van der Waals surface area contributed by atoms with Crippen LogP contribution in [-0.4, -0.2) is 20.6 Å². The predicted molar refractivity (Wildman–Crippen MR) is 76.7 cm³/mol. The Labute approximate surface area is 128 Å². The van der Waals surface area contributed by atoms with E-state index in [4.69, 9.17) is 10.00 Å². The topological polar surface area (TPSA) is 131 Å². The van der Waals surface area contributed by atoms with Gasteiger partial charge in [-0.3, -0.25) is 9.00 Å². The molecule has 22 heavy (non-hydrogen) atoms. The van der Waals surface area contributed by atoms with E-state index in [1.54, 1.807) is 10.8 Å². The first kappa shape index (κ1) is 17.1. The van der Waals surface area contributed by atoms with Gasteiger partial charge in [-0.2, -0.15) is 5.26 Å². The number of ether oxygens (including phenoxy) is 1. The first-order valence-corrected chi connectivity index (χ1v) is 6.75. The van der Waals surface area contributed by atoms with Crippen LogP contribution in [0.4, 0.5) is 5.69 Å². The van der Waals surface area contributed by atoms with Gasteiger partial charge in [-0.25, -0.2) is 4.79 Å². The second kappa shape index (κ2) is 8.35. The van der Waals surface area contributed by atoms with E-state index in [9.17, 15) is 18.4 Å². The molecule has 1 aromatic rings. The average molecular weight is 320 g/mol. The molecule has 1 amide bonds. The van der Waals surface area contributed by atoms with Crippen molar-refractivity contribution in [1.82, 2.24) is 4.72 Å². The molecule has 8 nitrogen and oxygen atoms in total. The molecule has 1 atom stereocenters. The molecule has 0 aliphatic carbocycles. The van der Waals surface area contributed by atoms with E-state index in [0.29, 0.717) is 5.69 Å². The van der Waals surface area contributed by atoms with Crippen LogP contribution in [-0.2, 0) is 20.9 Å². The van der Waals surface area contributed by atoms with E-state index in [-0.39, 0.29) is 5.75 Å². The summed E-state index contributed by atoms with van der Waals surface area (Å²) < 4.78 is 27.3. The zero-order chi connectivity index (χ0) is 16.5. The summed E-state index contributed by atoms with van der Waals surface area (Å²) in [6, 6.07) is 7.30. The van der Waals surface area contributed by atoms with Crippen molar-refractivity contribution in [2.45, 2.75) is 0 Å². The van der Waals surface area contributed by atoms with Crippen LogP contribution in [0, 0.1) is 11.3 Å². The molecule has 9 heteroatoms. The molecule has 0 spiro atoms. The Morgan fingerprint density at radius 2 is 2.00 bits per heavy atom. The Morgan fingerprint density at radius 1 is 1.36 bits per heavy atom. The summed E-state index contributed by atoms with van der Waals surface area (Å²) in [6.07, 6.45) is 1.77. The number of nitrogens with one attached hydrogen (secondary N) is 2. The third-order valence-electron chi connectivity index (χ3n) is 2.16. The molecule has 0 aliphatic heterocycles. The number of nitriles is 1. The van der Waals surface area contributed by atoms with Gasteiger partial charge in [0.25, 0.3) is 5.91 Å². The van der Waals surface area contributed by atoms with Crippen LogP contribution in [0.15, 0.2) is 48.7 Å². The van der Waals surface area contributed by atoms with Crippen molar-refractivity contribution >= 4 is 28.8 Å². The summed E-state index contributed by atoms with van der Waals surface area (Å²) in [6.45, 7) is 3.25. The Hall–Kier alpha value is -2.96. The number of amides is 1. The number of carbonyl (C=O) groups is 2. The number of esters is 1. The fourth-order valence-corrected chi connectivity index (χ4v) is 1.43. The lowest BCUT2D eigenvalue weighted by Gasteiger charge is -2.07. The van der Waals surface area contributed by atoms with E-state index in [0.717, 1.165) is 12.3 Å². The number of carbonyl (C=O) groups excluding carboxylic acids is 2. The highest BCUT2D eigenvalue weighted by Gasteiger charge is 2.09. The predicted octanol–water partition coefficient (Wildman–Crippen LogP) is 0.508. The van der Waals surface area contributed by atoms with Crippen molar-refractivity contribution in [3.05, 3.63) is 48.7 Å². The highest BCUT2D eigenvalue weighted by atomic mass is 32.2. The van der Waals surface area contributed by atoms with Crippen LogP contribution >= 0.6 is 0 Å². The zero-order valence-electron chi connectivity index (χ0n) is 11.1. The number of benzene rings is 1. The number of hydrogen-bond acceptors (Lipinski definition) is 6. The molecule has 0 saturated heterocycles. The Kier molecular flexibility index (Phi) is 6.49. The molecule has 1 rings (SSSR count). The fourth-order valence-electron chi connectivity index (χ4n) is 1.22. The molecule has 0 aliphatic rings. The molecule has 0 saturated carbocycles. The third kappa shape index (κ3) is 5.58. The number of hydrogen-bond donors (Lipinski definition) is 2. The summed E-state index contributed by atoms with van der Waals surface area (Å²) in [5.41, 5.74) is -0.0980. The minimum atomic E-state index is -2.62. The fraction of sp³-hybridized carbons (Fsp3) is 0. The summed E-state index contributed by atoms with van der Waals surface area (Å²) in [7, 11) is 0. The molecule has 0 radical (unpaired) electrons. The van der Waals surface area contributed by atoms with Crippen LogP contribution in [0.3, 0.4) is 0 Å². The highest BCUT2D eigenvalue weighted by molar-refractivity contribution is 7.77. The monoisotopic (exact) mass is 320 g/mol. The van der Waals surface area contributed by atoms with Crippen LogP contribution in [0.1, 0.15) is 0 Å². The quantitative estimate of drug-likeness (QED) is 0.258. The highest BCUT2D eigenvalue weighted by Crippen LogP contribution is 2.16. The minimum absolute atomic E-state index is 0.252.